The van der Waals surface area contributed by atoms with Gasteiger partial charge in [0.1, 0.15) is 18.7 Å². The molecule has 222 valence electrons. The van der Waals surface area contributed by atoms with Crippen LogP contribution >= 0.6 is 0 Å². The molecule has 1 saturated heterocycles. The third-order valence-electron chi connectivity index (χ3n) is 6.71. The van der Waals surface area contributed by atoms with E-state index in [1.165, 1.54) is 0 Å². The van der Waals surface area contributed by atoms with Gasteiger partial charge in [-0.25, -0.2) is 4.79 Å². The van der Waals surface area contributed by atoms with E-state index in [0.717, 1.165) is 30.8 Å². The predicted octanol–water partition coefficient (Wildman–Crippen LogP) is 2.46. The normalized spacial score (nSPS) is 15.0. The summed E-state index contributed by atoms with van der Waals surface area (Å²) in [4.78, 5) is 54.2. The Kier molecular flexibility index (Phi) is 13.3. The quantitative estimate of drug-likeness (QED) is 0.223. The number of carbonyl (C=O) groups excluding carboxylic acids is 4. The first-order valence-corrected chi connectivity index (χ1v) is 14.3. The number of nitrogens with zero attached hydrogens (tertiary/aromatic N) is 1. The molecule has 0 aromatic heterocycles. The summed E-state index contributed by atoms with van der Waals surface area (Å²) in [6, 6.07) is 16.3. The molecule has 41 heavy (non-hydrogen) atoms. The summed E-state index contributed by atoms with van der Waals surface area (Å²) in [6.07, 6.45) is 0.421. The Balaban J connectivity index is 1.60. The predicted molar refractivity (Wildman–Crippen MR) is 155 cm³/mol. The van der Waals surface area contributed by atoms with Crippen LogP contribution in [-0.4, -0.2) is 80.1 Å². The minimum absolute atomic E-state index is 0.0590. The van der Waals surface area contributed by atoms with Gasteiger partial charge in [-0.1, -0.05) is 74.5 Å². The summed E-state index contributed by atoms with van der Waals surface area (Å²) < 4.78 is 10.7. The van der Waals surface area contributed by atoms with E-state index in [1.807, 2.05) is 74.5 Å². The zero-order valence-corrected chi connectivity index (χ0v) is 24.0. The average Bonchev–Trinajstić information content (AvgIpc) is 2.98. The van der Waals surface area contributed by atoms with Gasteiger partial charge >= 0.3 is 6.09 Å². The number of ether oxygens (including phenoxy) is 2. The van der Waals surface area contributed by atoms with Crippen molar-refractivity contribution in [3.63, 3.8) is 0 Å². The minimum atomic E-state index is -1.10. The van der Waals surface area contributed by atoms with Gasteiger partial charge in [-0.2, -0.15) is 0 Å². The number of ketones is 1. The van der Waals surface area contributed by atoms with Crippen LogP contribution in [0.5, 0.6) is 0 Å². The van der Waals surface area contributed by atoms with Gasteiger partial charge in [-0.3, -0.25) is 19.3 Å². The molecule has 1 aliphatic rings. The molecule has 0 saturated carbocycles. The molecule has 0 aliphatic carbocycles. The van der Waals surface area contributed by atoms with Crippen LogP contribution in [0.4, 0.5) is 4.79 Å². The molecule has 0 bridgehead atoms. The molecule has 1 heterocycles. The highest BCUT2D eigenvalue weighted by Crippen LogP contribution is 2.10. The Morgan fingerprint density at radius 2 is 1.51 bits per heavy atom. The lowest BCUT2D eigenvalue weighted by atomic mass is 9.99. The summed E-state index contributed by atoms with van der Waals surface area (Å²) >= 11 is 0. The molecule has 2 aromatic rings. The van der Waals surface area contributed by atoms with Crippen LogP contribution in [0.15, 0.2) is 60.7 Å². The Morgan fingerprint density at radius 3 is 2.15 bits per heavy atom. The second kappa shape index (κ2) is 17.1. The Morgan fingerprint density at radius 1 is 0.878 bits per heavy atom. The van der Waals surface area contributed by atoms with Crippen molar-refractivity contribution in [1.29, 1.82) is 0 Å². The van der Waals surface area contributed by atoms with Gasteiger partial charge < -0.3 is 25.4 Å². The minimum Gasteiger partial charge on any atom is -0.445 e. The lowest BCUT2D eigenvalue weighted by Crippen LogP contribution is -2.55. The number of alkyl carbamates (subject to hydrolysis) is 1. The summed E-state index contributed by atoms with van der Waals surface area (Å²) in [6.45, 7) is 8.15. The molecular formula is C31H42N4O6. The van der Waals surface area contributed by atoms with Crippen molar-refractivity contribution < 1.29 is 28.7 Å². The topological polar surface area (TPSA) is 126 Å². The Bertz CT molecular complexity index is 1110. The van der Waals surface area contributed by atoms with Crippen molar-refractivity contribution in [3.8, 4) is 0 Å². The number of Topliss-reactive ketones (excluding diaryl/α,β-unsaturated/α-hetero) is 1. The lowest BCUT2D eigenvalue weighted by Gasteiger charge is -2.26. The van der Waals surface area contributed by atoms with Crippen LogP contribution in [0.1, 0.15) is 37.8 Å². The number of carbonyl (C=O) groups is 4. The van der Waals surface area contributed by atoms with Crippen molar-refractivity contribution in [2.45, 2.75) is 51.8 Å². The maximum absolute atomic E-state index is 13.4. The fourth-order valence-corrected chi connectivity index (χ4v) is 4.52. The number of benzene rings is 2. The monoisotopic (exact) mass is 566 g/mol. The molecule has 10 nitrogen and oxygen atoms in total. The first kappa shape index (κ1) is 31.8. The third kappa shape index (κ3) is 11.7. The molecule has 3 rings (SSSR count). The number of hydrogen-bond acceptors (Lipinski definition) is 7. The second-order valence-corrected chi connectivity index (χ2v) is 10.6. The van der Waals surface area contributed by atoms with E-state index >= 15 is 0 Å². The van der Waals surface area contributed by atoms with E-state index in [4.69, 9.17) is 9.47 Å². The first-order chi connectivity index (χ1) is 19.8. The van der Waals surface area contributed by atoms with Crippen LogP contribution in [0.25, 0.3) is 0 Å². The number of rotatable bonds is 15. The fourth-order valence-electron chi connectivity index (χ4n) is 4.52. The number of amides is 3. The van der Waals surface area contributed by atoms with Crippen LogP contribution < -0.4 is 16.0 Å². The maximum atomic E-state index is 13.4. The molecule has 1 fully saturated rings. The van der Waals surface area contributed by atoms with Gasteiger partial charge in [-0.15, -0.1) is 0 Å². The zero-order valence-electron chi connectivity index (χ0n) is 24.0. The van der Waals surface area contributed by atoms with E-state index in [9.17, 15) is 19.2 Å². The van der Waals surface area contributed by atoms with Gasteiger partial charge in [0.15, 0.2) is 0 Å². The number of hydrogen-bond donors (Lipinski definition) is 3. The largest absolute Gasteiger partial charge is 0.445 e. The average molecular weight is 567 g/mol. The van der Waals surface area contributed by atoms with Crippen LogP contribution in [0.3, 0.4) is 0 Å². The Hall–Kier alpha value is -3.76. The summed E-state index contributed by atoms with van der Waals surface area (Å²) in [5.41, 5.74) is 1.61. The fraction of sp³-hybridized carbons (Fsp3) is 0.484. The summed E-state index contributed by atoms with van der Waals surface area (Å²) in [7, 11) is 0. The van der Waals surface area contributed by atoms with Crippen molar-refractivity contribution in [2.24, 2.45) is 5.92 Å². The number of morpholine rings is 1. The number of nitrogens with one attached hydrogen (secondary N) is 3. The molecular weight excluding hydrogens is 524 g/mol. The summed E-state index contributed by atoms with van der Waals surface area (Å²) in [5.74, 6) is -1.96. The summed E-state index contributed by atoms with van der Waals surface area (Å²) in [5, 5.41) is 8.06. The molecule has 3 N–H and O–H groups in total. The molecule has 1 aliphatic heterocycles. The highest BCUT2D eigenvalue weighted by atomic mass is 16.5. The third-order valence-corrected chi connectivity index (χ3v) is 6.71. The van der Waals surface area contributed by atoms with Crippen molar-refractivity contribution in [1.82, 2.24) is 20.9 Å². The molecule has 0 radical (unpaired) electrons. The molecule has 3 amide bonds. The van der Waals surface area contributed by atoms with E-state index in [0.29, 0.717) is 32.6 Å². The van der Waals surface area contributed by atoms with Gasteiger partial charge in [0, 0.05) is 26.1 Å². The maximum Gasteiger partial charge on any atom is 0.408 e. The Labute approximate surface area is 242 Å². The standard InChI is InChI=1S/C31H42N4O6/c1-23(2)20-27(34-31(39)41-22-25-12-7-4-8-13-25)29(37)33-26(21-24-10-5-3-6-11-24)28(36)30(38)32-14-9-15-35-16-18-40-19-17-35/h3-8,10-13,23,26-27H,9,14-22H2,1-2H3,(H,32,38)(H,33,37)(H,34,39). The SMILES string of the molecule is CC(C)CC(NC(=O)OCc1ccccc1)C(=O)NC(Cc1ccccc1)C(=O)C(=O)NCCCN1CCOCC1. The second-order valence-electron chi connectivity index (χ2n) is 10.6. The van der Waals surface area contributed by atoms with Gasteiger partial charge in [0.25, 0.3) is 5.91 Å². The van der Waals surface area contributed by atoms with Crippen molar-refractivity contribution >= 4 is 23.7 Å². The first-order valence-electron chi connectivity index (χ1n) is 14.3. The molecule has 2 atom stereocenters. The van der Waals surface area contributed by atoms with Gasteiger partial charge in [0.05, 0.1) is 13.2 Å². The van der Waals surface area contributed by atoms with E-state index in [2.05, 4.69) is 20.9 Å². The van der Waals surface area contributed by atoms with Crippen LogP contribution in [0, 0.1) is 5.92 Å². The lowest BCUT2D eigenvalue weighted by molar-refractivity contribution is -0.140. The molecule has 10 heteroatoms. The van der Waals surface area contributed by atoms with Gasteiger partial charge in [-0.05, 0) is 36.4 Å². The highest BCUT2D eigenvalue weighted by molar-refractivity contribution is 6.38. The van der Waals surface area contributed by atoms with E-state index in [-0.39, 0.29) is 18.9 Å². The van der Waals surface area contributed by atoms with E-state index in [1.54, 1.807) is 0 Å². The van der Waals surface area contributed by atoms with Crippen molar-refractivity contribution in [2.75, 3.05) is 39.4 Å². The zero-order chi connectivity index (χ0) is 29.5. The van der Waals surface area contributed by atoms with Crippen molar-refractivity contribution in [3.05, 3.63) is 71.8 Å². The molecule has 0 spiro atoms. The van der Waals surface area contributed by atoms with Crippen LogP contribution in [-0.2, 0) is 36.9 Å². The molecule has 2 aromatic carbocycles. The van der Waals surface area contributed by atoms with Gasteiger partial charge in [0.2, 0.25) is 11.7 Å². The smallest absolute Gasteiger partial charge is 0.408 e. The highest BCUT2D eigenvalue weighted by Gasteiger charge is 2.31. The van der Waals surface area contributed by atoms with Crippen LogP contribution in [0.2, 0.25) is 0 Å². The molecule has 2 unspecified atom stereocenters. The van der Waals surface area contributed by atoms with E-state index < -0.39 is 35.8 Å².